The van der Waals surface area contributed by atoms with Gasteiger partial charge >= 0.3 is 0 Å². The van der Waals surface area contributed by atoms with Crippen molar-refractivity contribution in [1.29, 1.82) is 0 Å². The summed E-state index contributed by atoms with van der Waals surface area (Å²) in [5.41, 5.74) is -0.436. The van der Waals surface area contributed by atoms with Crippen LogP contribution in [0.5, 0.6) is 0 Å². The van der Waals surface area contributed by atoms with Gasteiger partial charge in [-0.3, -0.25) is 0 Å². The Morgan fingerprint density at radius 1 is 1.24 bits per heavy atom. The minimum Gasteiger partial charge on any atom is -0.829 e. The van der Waals surface area contributed by atoms with Crippen LogP contribution < -0.4 is 5.11 Å². The smallest absolute Gasteiger partial charge is 0.157 e. The van der Waals surface area contributed by atoms with Gasteiger partial charge in [0, 0.05) is 12.2 Å². The van der Waals surface area contributed by atoms with Gasteiger partial charge in [-0.05, 0) is 44.9 Å². The monoisotopic (exact) mass is 301 g/mol. The van der Waals surface area contributed by atoms with Crippen LogP contribution in [0.1, 0.15) is 66.7 Å². The van der Waals surface area contributed by atoms with Crippen LogP contribution in [-0.2, 0) is 9.47 Å². The van der Waals surface area contributed by atoms with E-state index < -0.39 is 18.2 Å². The van der Waals surface area contributed by atoms with E-state index in [0.717, 1.165) is 25.7 Å². The number of ether oxygens (including phenoxy) is 2. The molecule has 4 heteroatoms. The van der Waals surface area contributed by atoms with Crippen molar-refractivity contribution in [3.63, 3.8) is 0 Å². The Kier molecular flexibility index (Phi) is 7.62. The van der Waals surface area contributed by atoms with Crippen LogP contribution in [0, 0.1) is 17.8 Å². The van der Waals surface area contributed by atoms with Crippen molar-refractivity contribution in [1.82, 2.24) is 0 Å². The van der Waals surface area contributed by atoms with Gasteiger partial charge in [-0.15, -0.1) is 0 Å². The lowest BCUT2D eigenvalue weighted by Crippen LogP contribution is -2.43. The van der Waals surface area contributed by atoms with Crippen molar-refractivity contribution in [2.24, 2.45) is 17.8 Å². The summed E-state index contributed by atoms with van der Waals surface area (Å²) in [5, 5.41) is 22.0. The van der Waals surface area contributed by atoms with Crippen LogP contribution in [0.3, 0.4) is 0 Å². The molecular formula is C17H33O4-. The molecule has 0 aromatic carbocycles. The standard InChI is InChI=1S/C17H33O4/c1-6-17(4,5)21-15(18)11-20-16(19)14-9-7-8-13(10-14)12(2)3/h12-16,19H,6-11H2,1-5H3/q-1/t13?,14?,15-,16?/m0/s1. The Hall–Kier alpha value is -0.160. The van der Waals surface area contributed by atoms with Crippen LogP contribution in [0.15, 0.2) is 0 Å². The summed E-state index contributed by atoms with van der Waals surface area (Å²) in [4.78, 5) is 0. The summed E-state index contributed by atoms with van der Waals surface area (Å²) in [5.74, 6) is 1.44. The Labute approximate surface area is 129 Å². The molecule has 21 heavy (non-hydrogen) atoms. The lowest BCUT2D eigenvalue weighted by Gasteiger charge is -2.36. The molecule has 0 aromatic heterocycles. The van der Waals surface area contributed by atoms with E-state index in [0.29, 0.717) is 11.8 Å². The van der Waals surface area contributed by atoms with Gasteiger partial charge in [-0.25, -0.2) is 0 Å². The van der Waals surface area contributed by atoms with Crippen LogP contribution >= 0.6 is 0 Å². The molecule has 0 radical (unpaired) electrons. The molecule has 1 aliphatic carbocycles. The minimum atomic E-state index is -1.24. The van der Waals surface area contributed by atoms with Gasteiger partial charge < -0.3 is 19.7 Å². The largest absolute Gasteiger partial charge is 0.829 e. The van der Waals surface area contributed by atoms with E-state index in [1.807, 2.05) is 20.8 Å². The quantitative estimate of drug-likeness (QED) is 0.700. The maximum absolute atomic E-state index is 11.8. The lowest BCUT2D eigenvalue weighted by molar-refractivity contribution is -0.512. The van der Waals surface area contributed by atoms with E-state index in [9.17, 15) is 10.2 Å². The maximum atomic E-state index is 11.8. The van der Waals surface area contributed by atoms with Crippen LogP contribution in [0.25, 0.3) is 0 Å². The SMILES string of the molecule is CCC(C)(C)O[C@H]([O-])COC(O)C1CCCC(C(C)C)C1. The summed E-state index contributed by atoms with van der Waals surface area (Å²) in [6.45, 7) is 10.1. The van der Waals surface area contributed by atoms with E-state index in [-0.39, 0.29) is 12.5 Å². The lowest BCUT2D eigenvalue weighted by atomic mass is 9.76. The molecule has 0 amide bonds. The fourth-order valence-corrected chi connectivity index (χ4v) is 2.92. The van der Waals surface area contributed by atoms with E-state index in [2.05, 4.69) is 13.8 Å². The Balaban J connectivity index is 2.34. The first-order valence-electron chi connectivity index (χ1n) is 8.38. The number of hydrogen-bond acceptors (Lipinski definition) is 4. The van der Waals surface area contributed by atoms with Gasteiger partial charge in [0.25, 0.3) is 0 Å². The Morgan fingerprint density at radius 2 is 1.86 bits per heavy atom. The first kappa shape index (κ1) is 18.9. The highest BCUT2D eigenvalue weighted by atomic mass is 16.7. The molecule has 1 rings (SSSR count). The Bertz CT molecular complexity index is 291. The number of aliphatic hydroxyl groups excluding tert-OH is 1. The van der Waals surface area contributed by atoms with Crippen molar-refractivity contribution in [3.05, 3.63) is 0 Å². The third-order valence-electron chi connectivity index (χ3n) is 4.81. The van der Waals surface area contributed by atoms with Crippen LogP contribution in [0.4, 0.5) is 0 Å². The average molecular weight is 301 g/mol. The number of aliphatic hydroxyl groups is 1. The van der Waals surface area contributed by atoms with Crippen molar-refractivity contribution in [2.75, 3.05) is 6.61 Å². The van der Waals surface area contributed by atoms with Gasteiger partial charge in [-0.1, -0.05) is 33.6 Å². The summed E-state index contributed by atoms with van der Waals surface area (Å²) >= 11 is 0. The maximum Gasteiger partial charge on any atom is 0.157 e. The minimum absolute atomic E-state index is 0.0898. The first-order valence-corrected chi connectivity index (χ1v) is 8.38. The molecule has 0 bridgehead atoms. The van der Waals surface area contributed by atoms with Gasteiger partial charge in [0.1, 0.15) is 0 Å². The van der Waals surface area contributed by atoms with Crippen LogP contribution in [0.2, 0.25) is 0 Å². The molecule has 4 atom stereocenters. The number of hydrogen-bond donors (Lipinski definition) is 1. The molecule has 0 saturated heterocycles. The fourth-order valence-electron chi connectivity index (χ4n) is 2.92. The molecule has 0 aromatic rings. The molecule has 126 valence electrons. The van der Waals surface area contributed by atoms with E-state index in [1.165, 1.54) is 6.42 Å². The molecule has 1 aliphatic rings. The number of rotatable bonds is 8. The van der Waals surface area contributed by atoms with Crippen molar-refractivity contribution >= 4 is 0 Å². The molecule has 0 spiro atoms. The first-order chi connectivity index (χ1) is 9.75. The third-order valence-corrected chi connectivity index (χ3v) is 4.81. The highest BCUT2D eigenvalue weighted by molar-refractivity contribution is 4.76. The summed E-state index contributed by atoms with van der Waals surface area (Å²) in [6.07, 6.45) is 3.04. The van der Waals surface area contributed by atoms with Crippen molar-refractivity contribution in [3.8, 4) is 0 Å². The molecule has 1 N–H and O–H groups in total. The van der Waals surface area contributed by atoms with Gasteiger partial charge in [0.05, 0.1) is 12.2 Å². The van der Waals surface area contributed by atoms with Crippen molar-refractivity contribution in [2.45, 2.75) is 84.9 Å². The second-order valence-corrected chi connectivity index (χ2v) is 7.32. The molecule has 0 heterocycles. The predicted molar refractivity (Wildman–Crippen MR) is 81.5 cm³/mol. The average Bonchev–Trinajstić information content (AvgIpc) is 2.44. The summed E-state index contributed by atoms with van der Waals surface area (Å²) in [7, 11) is 0. The third kappa shape index (κ3) is 6.64. The predicted octanol–water partition coefficient (Wildman–Crippen LogP) is 2.68. The zero-order chi connectivity index (χ0) is 16.0. The highest BCUT2D eigenvalue weighted by Crippen LogP contribution is 2.35. The Morgan fingerprint density at radius 3 is 2.43 bits per heavy atom. The second kappa shape index (κ2) is 8.47. The molecule has 3 unspecified atom stereocenters. The van der Waals surface area contributed by atoms with Crippen molar-refractivity contribution < 1.29 is 19.7 Å². The van der Waals surface area contributed by atoms with E-state index in [4.69, 9.17) is 9.47 Å². The zero-order valence-electron chi connectivity index (χ0n) is 14.3. The zero-order valence-corrected chi connectivity index (χ0v) is 14.3. The topological polar surface area (TPSA) is 61.8 Å². The molecule has 1 saturated carbocycles. The summed E-state index contributed by atoms with van der Waals surface area (Å²) in [6, 6.07) is 0. The van der Waals surface area contributed by atoms with Gasteiger partial charge in [-0.2, -0.15) is 0 Å². The highest BCUT2D eigenvalue weighted by Gasteiger charge is 2.29. The van der Waals surface area contributed by atoms with Crippen LogP contribution in [-0.4, -0.2) is 29.9 Å². The normalized spacial score (nSPS) is 26.9. The fraction of sp³-hybridized carbons (Fsp3) is 1.00. The second-order valence-electron chi connectivity index (χ2n) is 7.32. The molecule has 4 nitrogen and oxygen atoms in total. The molecule has 1 fully saturated rings. The molecule has 0 aliphatic heterocycles. The molecular weight excluding hydrogens is 268 g/mol. The van der Waals surface area contributed by atoms with Gasteiger partial charge in [0.2, 0.25) is 0 Å². The summed E-state index contributed by atoms with van der Waals surface area (Å²) < 4.78 is 10.8. The van der Waals surface area contributed by atoms with Gasteiger partial charge in [0.15, 0.2) is 6.29 Å². The van der Waals surface area contributed by atoms with E-state index in [1.54, 1.807) is 0 Å². The van der Waals surface area contributed by atoms with E-state index >= 15 is 0 Å².